The predicted octanol–water partition coefficient (Wildman–Crippen LogP) is 4.57. The third kappa shape index (κ3) is 2.68. The van der Waals surface area contributed by atoms with E-state index in [0.717, 1.165) is 28.3 Å². The lowest BCUT2D eigenvalue weighted by Crippen LogP contribution is -2.16. The van der Waals surface area contributed by atoms with Crippen LogP contribution in [-0.2, 0) is 6.54 Å². The fraction of sp³-hybridized carbons (Fsp3) is 0.471. The summed E-state index contributed by atoms with van der Waals surface area (Å²) in [5, 5.41) is 5.63. The Morgan fingerprint density at radius 3 is 2.75 bits per heavy atom. The predicted molar refractivity (Wildman–Crippen MR) is 85.4 cm³/mol. The standard InChI is InChI=1S/C17H21ClN2/c1-10(2)16-8-12(9-19-13-4-5-13)14-6-7-15(18)11(3)17(14)20-16/h6-8,10,13,19H,4-5,9H2,1-3H3. The molecular weight excluding hydrogens is 268 g/mol. The van der Waals surface area contributed by atoms with Crippen LogP contribution in [0.3, 0.4) is 0 Å². The molecule has 2 aromatic rings. The van der Waals surface area contributed by atoms with Gasteiger partial charge >= 0.3 is 0 Å². The summed E-state index contributed by atoms with van der Waals surface area (Å²) in [6, 6.07) is 7.05. The number of pyridine rings is 1. The maximum atomic E-state index is 6.25. The summed E-state index contributed by atoms with van der Waals surface area (Å²) in [4.78, 5) is 4.83. The summed E-state index contributed by atoms with van der Waals surface area (Å²) in [7, 11) is 0. The van der Waals surface area contributed by atoms with Crippen LogP contribution in [0.4, 0.5) is 0 Å². The Hall–Kier alpha value is -1.12. The average Bonchev–Trinajstić information content (AvgIpc) is 3.24. The second kappa shape index (κ2) is 5.34. The lowest BCUT2D eigenvalue weighted by atomic mass is 10.0. The molecule has 0 radical (unpaired) electrons. The summed E-state index contributed by atoms with van der Waals surface area (Å²) < 4.78 is 0. The molecule has 0 bridgehead atoms. The van der Waals surface area contributed by atoms with Gasteiger partial charge in [-0.3, -0.25) is 4.98 Å². The van der Waals surface area contributed by atoms with E-state index in [-0.39, 0.29) is 0 Å². The van der Waals surface area contributed by atoms with Crippen molar-refractivity contribution in [3.63, 3.8) is 0 Å². The molecule has 0 atom stereocenters. The smallest absolute Gasteiger partial charge is 0.0752 e. The van der Waals surface area contributed by atoms with Crippen LogP contribution in [-0.4, -0.2) is 11.0 Å². The molecule has 0 aliphatic heterocycles. The highest BCUT2D eigenvalue weighted by molar-refractivity contribution is 6.32. The molecule has 1 aliphatic carbocycles. The van der Waals surface area contributed by atoms with Crippen LogP contribution < -0.4 is 5.32 Å². The summed E-state index contributed by atoms with van der Waals surface area (Å²) >= 11 is 6.25. The van der Waals surface area contributed by atoms with Gasteiger partial charge in [-0.05, 0) is 48.9 Å². The largest absolute Gasteiger partial charge is 0.310 e. The van der Waals surface area contributed by atoms with Crippen molar-refractivity contribution in [3.05, 3.63) is 40.0 Å². The first-order valence-electron chi connectivity index (χ1n) is 7.38. The van der Waals surface area contributed by atoms with Crippen LogP contribution >= 0.6 is 11.6 Å². The highest BCUT2D eigenvalue weighted by atomic mass is 35.5. The summed E-state index contributed by atoms with van der Waals surface area (Å²) in [6.45, 7) is 7.35. The zero-order chi connectivity index (χ0) is 14.3. The van der Waals surface area contributed by atoms with E-state index in [0.29, 0.717) is 12.0 Å². The molecule has 1 N–H and O–H groups in total. The quantitative estimate of drug-likeness (QED) is 0.891. The molecule has 0 saturated heterocycles. The molecule has 20 heavy (non-hydrogen) atoms. The molecule has 1 heterocycles. The van der Waals surface area contributed by atoms with E-state index in [1.54, 1.807) is 0 Å². The van der Waals surface area contributed by atoms with Crippen molar-refractivity contribution < 1.29 is 0 Å². The first kappa shape index (κ1) is 13.8. The number of aryl methyl sites for hydroxylation is 1. The van der Waals surface area contributed by atoms with Crippen molar-refractivity contribution in [2.24, 2.45) is 0 Å². The second-order valence-corrected chi connectivity index (χ2v) is 6.49. The molecule has 1 fully saturated rings. The molecule has 1 aromatic heterocycles. The molecule has 3 rings (SSSR count). The molecular formula is C17H21ClN2. The molecule has 2 nitrogen and oxygen atoms in total. The number of halogens is 1. The monoisotopic (exact) mass is 288 g/mol. The number of hydrogen-bond acceptors (Lipinski definition) is 2. The molecule has 106 valence electrons. The van der Waals surface area contributed by atoms with Crippen molar-refractivity contribution >= 4 is 22.5 Å². The summed E-state index contributed by atoms with van der Waals surface area (Å²) in [5.74, 6) is 0.428. The number of aromatic nitrogens is 1. The van der Waals surface area contributed by atoms with Crippen LogP contribution in [0.5, 0.6) is 0 Å². The lowest BCUT2D eigenvalue weighted by molar-refractivity contribution is 0.688. The molecule has 0 amide bonds. The van der Waals surface area contributed by atoms with Gasteiger partial charge in [0.2, 0.25) is 0 Å². The van der Waals surface area contributed by atoms with Gasteiger partial charge in [-0.25, -0.2) is 0 Å². The third-order valence-electron chi connectivity index (χ3n) is 4.02. The molecule has 0 unspecified atom stereocenters. The zero-order valence-electron chi connectivity index (χ0n) is 12.3. The van der Waals surface area contributed by atoms with Crippen LogP contribution in [0.1, 0.15) is 49.4 Å². The Labute approximate surface area is 125 Å². The highest BCUT2D eigenvalue weighted by Gasteiger charge is 2.21. The zero-order valence-corrected chi connectivity index (χ0v) is 13.1. The number of benzene rings is 1. The topological polar surface area (TPSA) is 24.9 Å². The minimum Gasteiger partial charge on any atom is -0.310 e. The van der Waals surface area contributed by atoms with E-state index in [1.165, 1.54) is 23.8 Å². The SMILES string of the molecule is Cc1c(Cl)ccc2c(CNC3CC3)cc(C(C)C)nc12. The van der Waals surface area contributed by atoms with Gasteiger partial charge in [0.05, 0.1) is 5.52 Å². The Morgan fingerprint density at radius 2 is 2.10 bits per heavy atom. The third-order valence-corrected chi connectivity index (χ3v) is 4.43. The van der Waals surface area contributed by atoms with Crippen molar-refractivity contribution in [3.8, 4) is 0 Å². The fourth-order valence-electron chi connectivity index (χ4n) is 2.48. The second-order valence-electron chi connectivity index (χ2n) is 6.08. The normalized spacial score (nSPS) is 15.2. The van der Waals surface area contributed by atoms with E-state index < -0.39 is 0 Å². The summed E-state index contributed by atoms with van der Waals surface area (Å²) in [6.07, 6.45) is 2.62. The minimum atomic E-state index is 0.428. The maximum absolute atomic E-state index is 6.25. The van der Waals surface area contributed by atoms with E-state index >= 15 is 0 Å². The van der Waals surface area contributed by atoms with Gasteiger partial charge in [0.1, 0.15) is 0 Å². The number of hydrogen-bond donors (Lipinski definition) is 1. The fourth-order valence-corrected chi connectivity index (χ4v) is 2.63. The van der Waals surface area contributed by atoms with Gasteiger partial charge < -0.3 is 5.32 Å². The van der Waals surface area contributed by atoms with E-state index in [1.807, 2.05) is 6.07 Å². The number of nitrogens with one attached hydrogen (secondary N) is 1. The molecule has 0 spiro atoms. The van der Waals surface area contributed by atoms with E-state index in [4.69, 9.17) is 16.6 Å². The van der Waals surface area contributed by atoms with Crippen molar-refractivity contribution in [2.75, 3.05) is 0 Å². The van der Waals surface area contributed by atoms with Crippen LogP contribution in [0.25, 0.3) is 10.9 Å². The summed E-state index contributed by atoms with van der Waals surface area (Å²) in [5.41, 5.74) is 4.62. The lowest BCUT2D eigenvalue weighted by Gasteiger charge is -2.14. The first-order chi connectivity index (χ1) is 9.56. The molecule has 1 aromatic carbocycles. The molecule has 1 saturated carbocycles. The van der Waals surface area contributed by atoms with Crippen LogP contribution in [0.2, 0.25) is 5.02 Å². The van der Waals surface area contributed by atoms with Gasteiger partial charge in [0.25, 0.3) is 0 Å². The Bertz CT molecular complexity index is 645. The van der Waals surface area contributed by atoms with Crippen molar-refractivity contribution in [1.82, 2.24) is 10.3 Å². The Balaban J connectivity index is 2.11. The van der Waals surface area contributed by atoms with Gasteiger partial charge in [-0.15, -0.1) is 0 Å². The Morgan fingerprint density at radius 1 is 1.35 bits per heavy atom. The van der Waals surface area contributed by atoms with Gasteiger partial charge in [0.15, 0.2) is 0 Å². The van der Waals surface area contributed by atoms with Gasteiger partial charge in [-0.2, -0.15) is 0 Å². The maximum Gasteiger partial charge on any atom is 0.0752 e. The number of rotatable bonds is 4. The van der Waals surface area contributed by atoms with Gasteiger partial charge in [0, 0.05) is 28.7 Å². The highest BCUT2D eigenvalue weighted by Crippen LogP contribution is 2.29. The molecule has 1 aliphatic rings. The average molecular weight is 289 g/mol. The van der Waals surface area contributed by atoms with Crippen LogP contribution in [0.15, 0.2) is 18.2 Å². The number of fused-ring (bicyclic) bond motifs is 1. The van der Waals surface area contributed by atoms with Crippen LogP contribution in [0, 0.1) is 6.92 Å². The number of nitrogens with zero attached hydrogens (tertiary/aromatic N) is 1. The first-order valence-corrected chi connectivity index (χ1v) is 7.76. The van der Waals surface area contributed by atoms with Gasteiger partial charge in [-0.1, -0.05) is 31.5 Å². The van der Waals surface area contributed by atoms with E-state index in [9.17, 15) is 0 Å². The van der Waals surface area contributed by atoms with Crippen molar-refractivity contribution in [1.29, 1.82) is 0 Å². The Kier molecular flexibility index (Phi) is 3.70. The minimum absolute atomic E-state index is 0.428. The molecule has 3 heteroatoms. The van der Waals surface area contributed by atoms with E-state index in [2.05, 4.69) is 38.2 Å². The van der Waals surface area contributed by atoms with Crippen molar-refractivity contribution in [2.45, 2.75) is 52.1 Å².